The molecule has 1 aromatic heterocycles. The molecule has 108 valence electrons. The van der Waals surface area contributed by atoms with Crippen LogP contribution in [-0.2, 0) is 13.0 Å². The minimum Gasteiger partial charge on any atom is -0.338 e. The molecule has 1 heterocycles. The summed E-state index contributed by atoms with van der Waals surface area (Å²) in [5.74, 6) is 2.14. The Morgan fingerprint density at radius 3 is 2.60 bits per heavy atom. The van der Waals surface area contributed by atoms with Crippen molar-refractivity contribution in [2.24, 2.45) is 5.92 Å². The van der Waals surface area contributed by atoms with Crippen LogP contribution < -0.4 is 5.32 Å². The van der Waals surface area contributed by atoms with Crippen molar-refractivity contribution in [3.05, 3.63) is 47.6 Å². The van der Waals surface area contributed by atoms with Crippen LogP contribution in [-0.4, -0.2) is 16.7 Å². The van der Waals surface area contributed by atoms with Crippen LogP contribution in [0.5, 0.6) is 0 Å². The summed E-state index contributed by atoms with van der Waals surface area (Å²) in [5, 5.41) is 7.41. The average Bonchev–Trinajstić information content (AvgIpc) is 2.92. The molecule has 2 rings (SSSR count). The third-order valence-corrected chi connectivity index (χ3v) is 3.58. The van der Waals surface area contributed by atoms with E-state index in [2.05, 4.69) is 41.4 Å². The molecule has 0 atom stereocenters. The van der Waals surface area contributed by atoms with E-state index in [-0.39, 0.29) is 0 Å². The maximum absolute atomic E-state index is 5.26. The van der Waals surface area contributed by atoms with Crippen molar-refractivity contribution in [2.45, 2.75) is 39.7 Å². The summed E-state index contributed by atoms with van der Waals surface area (Å²) in [6.07, 6.45) is 3.12. The Morgan fingerprint density at radius 1 is 1.15 bits per heavy atom. The zero-order chi connectivity index (χ0) is 14.2. The van der Waals surface area contributed by atoms with Gasteiger partial charge in [0.15, 0.2) is 5.82 Å². The SMILES string of the molecule is CCC(CC)CNCc1nc(Cc2ccccc2)no1. The highest BCUT2D eigenvalue weighted by molar-refractivity contribution is 5.18. The number of benzene rings is 1. The zero-order valence-electron chi connectivity index (χ0n) is 12.3. The third-order valence-electron chi connectivity index (χ3n) is 3.58. The second-order valence-electron chi connectivity index (χ2n) is 5.08. The number of nitrogens with one attached hydrogen (secondary N) is 1. The highest BCUT2D eigenvalue weighted by Crippen LogP contribution is 2.08. The predicted molar refractivity (Wildman–Crippen MR) is 79.3 cm³/mol. The maximum atomic E-state index is 5.26. The summed E-state index contributed by atoms with van der Waals surface area (Å²) >= 11 is 0. The van der Waals surface area contributed by atoms with E-state index in [1.54, 1.807) is 0 Å². The van der Waals surface area contributed by atoms with Crippen LogP contribution in [0, 0.1) is 5.92 Å². The summed E-state index contributed by atoms with van der Waals surface area (Å²) in [5.41, 5.74) is 1.20. The van der Waals surface area contributed by atoms with Crippen molar-refractivity contribution >= 4 is 0 Å². The fraction of sp³-hybridized carbons (Fsp3) is 0.500. The molecular weight excluding hydrogens is 250 g/mol. The van der Waals surface area contributed by atoms with E-state index in [4.69, 9.17) is 4.52 Å². The summed E-state index contributed by atoms with van der Waals surface area (Å²) in [6, 6.07) is 10.2. The van der Waals surface area contributed by atoms with Crippen LogP contribution in [0.2, 0.25) is 0 Å². The first-order valence-electron chi connectivity index (χ1n) is 7.37. The van der Waals surface area contributed by atoms with E-state index in [0.717, 1.165) is 24.7 Å². The minimum atomic E-state index is 0.651. The zero-order valence-corrected chi connectivity index (χ0v) is 12.3. The van der Waals surface area contributed by atoms with Crippen LogP contribution >= 0.6 is 0 Å². The molecule has 2 aromatic rings. The van der Waals surface area contributed by atoms with E-state index in [1.807, 2.05) is 18.2 Å². The Kier molecular flexibility index (Phi) is 5.74. The van der Waals surface area contributed by atoms with Gasteiger partial charge in [0.1, 0.15) is 0 Å². The Balaban J connectivity index is 1.80. The Morgan fingerprint density at radius 2 is 1.90 bits per heavy atom. The molecule has 4 nitrogen and oxygen atoms in total. The van der Waals surface area contributed by atoms with Crippen LogP contribution in [0.25, 0.3) is 0 Å². The van der Waals surface area contributed by atoms with Gasteiger partial charge in [0.2, 0.25) is 5.89 Å². The molecule has 0 aliphatic heterocycles. The second kappa shape index (κ2) is 7.80. The normalized spacial score (nSPS) is 11.2. The first-order chi connectivity index (χ1) is 9.81. The van der Waals surface area contributed by atoms with Crippen molar-refractivity contribution in [2.75, 3.05) is 6.54 Å². The number of rotatable bonds is 8. The van der Waals surface area contributed by atoms with Gasteiger partial charge in [-0.25, -0.2) is 0 Å². The van der Waals surface area contributed by atoms with Gasteiger partial charge in [-0.15, -0.1) is 0 Å². The van der Waals surface area contributed by atoms with Gasteiger partial charge in [0.25, 0.3) is 0 Å². The smallest absolute Gasteiger partial charge is 0.240 e. The van der Waals surface area contributed by atoms with Crippen molar-refractivity contribution in [1.82, 2.24) is 15.5 Å². The van der Waals surface area contributed by atoms with Gasteiger partial charge in [0.05, 0.1) is 6.54 Å². The molecular formula is C16H23N3O. The maximum Gasteiger partial charge on any atom is 0.240 e. The van der Waals surface area contributed by atoms with Crippen LogP contribution in [0.1, 0.15) is 44.0 Å². The molecule has 0 spiro atoms. The molecule has 0 radical (unpaired) electrons. The third kappa shape index (κ3) is 4.46. The predicted octanol–water partition coefficient (Wildman–Crippen LogP) is 3.19. The Bertz CT molecular complexity index is 491. The molecule has 0 bridgehead atoms. The highest BCUT2D eigenvalue weighted by atomic mass is 16.5. The van der Waals surface area contributed by atoms with Crippen molar-refractivity contribution in [1.29, 1.82) is 0 Å². The largest absolute Gasteiger partial charge is 0.338 e. The van der Waals surface area contributed by atoms with E-state index >= 15 is 0 Å². The minimum absolute atomic E-state index is 0.651. The van der Waals surface area contributed by atoms with Gasteiger partial charge in [0, 0.05) is 6.42 Å². The van der Waals surface area contributed by atoms with Gasteiger partial charge in [-0.05, 0) is 18.0 Å². The summed E-state index contributed by atoms with van der Waals surface area (Å²) < 4.78 is 5.26. The highest BCUT2D eigenvalue weighted by Gasteiger charge is 2.08. The first-order valence-corrected chi connectivity index (χ1v) is 7.37. The average molecular weight is 273 g/mol. The molecule has 4 heteroatoms. The number of hydrogen-bond acceptors (Lipinski definition) is 4. The van der Waals surface area contributed by atoms with E-state index in [0.29, 0.717) is 12.4 Å². The molecule has 0 amide bonds. The summed E-state index contributed by atoms with van der Waals surface area (Å²) in [6.45, 7) is 6.10. The number of hydrogen-bond donors (Lipinski definition) is 1. The first kappa shape index (κ1) is 14.7. The monoisotopic (exact) mass is 273 g/mol. The van der Waals surface area contributed by atoms with Gasteiger partial charge >= 0.3 is 0 Å². The molecule has 1 N–H and O–H groups in total. The van der Waals surface area contributed by atoms with Crippen LogP contribution in [0.4, 0.5) is 0 Å². The molecule has 0 unspecified atom stereocenters. The van der Waals surface area contributed by atoms with Gasteiger partial charge in [-0.3, -0.25) is 0 Å². The quantitative estimate of drug-likeness (QED) is 0.802. The second-order valence-corrected chi connectivity index (χ2v) is 5.08. The molecule has 1 aromatic carbocycles. The Hall–Kier alpha value is -1.68. The molecule has 0 aliphatic rings. The lowest BCUT2D eigenvalue weighted by molar-refractivity contribution is 0.353. The molecule has 0 fully saturated rings. The van der Waals surface area contributed by atoms with Crippen LogP contribution in [0.3, 0.4) is 0 Å². The lowest BCUT2D eigenvalue weighted by Gasteiger charge is -2.11. The van der Waals surface area contributed by atoms with Crippen LogP contribution in [0.15, 0.2) is 34.9 Å². The van der Waals surface area contributed by atoms with E-state index < -0.39 is 0 Å². The number of nitrogens with zero attached hydrogens (tertiary/aromatic N) is 2. The molecule has 0 saturated heterocycles. The van der Waals surface area contributed by atoms with Crippen molar-refractivity contribution in [3.63, 3.8) is 0 Å². The standard InChI is InChI=1S/C16H23N3O/c1-3-13(4-2)11-17-12-16-18-15(19-20-16)10-14-8-6-5-7-9-14/h5-9,13,17H,3-4,10-12H2,1-2H3. The molecule has 20 heavy (non-hydrogen) atoms. The Labute approximate surface area is 120 Å². The van der Waals surface area contributed by atoms with Gasteiger partial charge < -0.3 is 9.84 Å². The van der Waals surface area contributed by atoms with E-state index in [1.165, 1.54) is 18.4 Å². The van der Waals surface area contributed by atoms with Gasteiger partial charge in [-0.2, -0.15) is 4.98 Å². The summed E-state index contributed by atoms with van der Waals surface area (Å²) in [7, 11) is 0. The lowest BCUT2D eigenvalue weighted by atomic mass is 10.0. The molecule has 0 saturated carbocycles. The fourth-order valence-electron chi connectivity index (χ4n) is 2.17. The van der Waals surface area contributed by atoms with Crippen molar-refractivity contribution in [3.8, 4) is 0 Å². The molecule has 0 aliphatic carbocycles. The fourth-order valence-corrected chi connectivity index (χ4v) is 2.17. The van der Waals surface area contributed by atoms with E-state index in [9.17, 15) is 0 Å². The lowest BCUT2D eigenvalue weighted by Crippen LogP contribution is -2.21. The number of aromatic nitrogens is 2. The summed E-state index contributed by atoms with van der Waals surface area (Å²) in [4.78, 5) is 4.41. The topological polar surface area (TPSA) is 51.0 Å². The van der Waals surface area contributed by atoms with Gasteiger partial charge in [-0.1, -0.05) is 62.2 Å². The van der Waals surface area contributed by atoms with Crippen molar-refractivity contribution < 1.29 is 4.52 Å².